The minimum absolute atomic E-state index is 0.0263. The van der Waals surface area contributed by atoms with E-state index in [9.17, 15) is 13.2 Å². The summed E-state index contributed by atoms with van der Waals surface area (Å²) in [5.74, 6) is -1.02. The average molecular weight is 272 g/mol. The predicted octanol–water partition coefficient (Wildman–Crippen LogP) is 0.736. The number of hydrogen-bond donors (Lipinski definition) is 3. The maximum atomic E-state index is 11.3. The van der Waals surface area contributed by atoms with E-state index in [4.69, 9.17) is 5.11 Å². The number of rotatable bonds is 7. The Labute approximate surface area is 106 Å². The number of sulfonamides is 1. The van der Waals surface area contributed by atoms with Gasteiger partial charge in [0.1, 0.15) is 0 Å². The second-order valence-corrected chi connectivity index (χ2v) is 5.55. The molecule has 0 bridgehead atoms. The highest BCUT2D eigenvalue weighted by atomic mass is 32.2. The fraction of sp³-hybridized carbons (Fsp3) is 0.364. The highest BCUT2D eigenvalue weighted by Gasteiger charge is 2.07. The minimum Gasteiger partial charge on any atom is -0.478 e. The highest BCUT2D eigenvalue weighted by Crippen LogP contribution is 2.09. The van der Waals surface area contributed by atoms with E-state index in [1.165, 1.54) is 12.1 Å². The number of aromatic carboxylic acids is 1. The average Bonchev–Trinajstić information content (AvgIpc) is 2.29. The van der Waals surface area contributed by atoms with E-state index in [1.807, 2.05) is 0 Å². The number of nitrogens with one attached hydrogen (secondary N) is 2. The van der Waals surface area contributed by atoms with Gasteiger partial charge in [-0.2, -0.15) is 0 Å². The van der Waals surface area contributed by atoms with Crippen molar-refractivity contribution in [1.29, 1.82) is 0 Å². The van der Waals surface area contributed by atoms with Crippen LogP contribution >= 0.6 is 0 Å². The normalized spacial score (nSPS) is 11.2. The molecule has 3 N–H and O–H groups in total. The zero-order valence-electron chi connectivity index (χ0n) is 10.0. The van der Waals surface area contributed by atoms with Gasteiger partial charge in [-0.3, -0.25) is 0 Å². The van der Waals surface area contributed by atoms with E-state index in [-0.39, 0.29) is 17.9 Å². The van der Waals surface area contributed by atoms with Gasteiger partial charge in [0.15, 0.2) is 0 Å². The van der Waals surface area contributed by atoms with Gasteiger partial charge >= 0.3 is 5.97 Å². The molecule has 0 amide bonds. The number of carbonyl (C=O) groups is 1. The highest BCUT2D eigenvalue weighted by molar-refractivity contribution is 7.89. The van der Waals surface area contributed by atoms with Crippen LogP contribution in [0.1, 0.15) is 17.3 Å². The van der Waals surface area contributed by atoms with Crippen LogP contribution in [-0.4, -0.2) is 38.3 Å². The van der Waals surface area contributed by atoms with Gasteiger partial charge in [0, 0.05) is 18.8 Å². The van der Waals surface area contributed by atoms with Crippen LogP contribution in [0.5, 0.6) is 0 Å². The lowest BCUT2D eigenvalue weighted by atomic mass is 10.2. The van der Waals surface area contributed by atoms with E-state index in [0.717, 1.165) is 0 Å². The van der Waals surface area contributed by atoms with Gasteiger partial charge in [-0.15, -0.1) is 0 Å². The SMILES string of the molecule is CCNS(=O)(=O)CCNc1ccc(C(=O)O)cc1. The molecule has 0 saturated heterocycles. The third-order valence-electron chi connectivity index (χ3n) is 2.20. The van der Waals surface area contributed by atoms with Crippen molar-refractivity contribution in [2.45, 2.75) is 6.92 Å². The Morgan fingerprint density at radius 3 is 2.39 bits per heavy atom. The summed E-state index contributed by atoms with van der Waals surface area (Å²) < 4.78 is 25.1. The van der Waals surface area contributed by atoms with Crippen molar-refractivity contribution in [2.75, 3.05) is 24.2 Å². The maximum absolute atomic E-state index is 11.3. The zero-order chi connectivity index (χ0) is 13.6. The molecule has 0 heterocycles. The Hall–Kier alpha value is -1.60. The van der Waals surface area contributed by atoms with Gasteiger partial charge < -0.3 is 10.4 Å². The molecule has 0 aliphatic carbocycles. The molecule has 0 saturated carbocycles. The third-order valence-corrected chi connectivity index (χ3v) is 3.67. The first-order chi connectivity index (χ1) is 8.44. The zero-order valence-corrected chi connectivity index (χ0v) is 10.8. The first-order valence-electron chi connectivity index (χ1n) is 5.49. The molecule has 6 nitrogen and oxygen atoms in total. The molecule has 0 aliphatic heterocycles. The lowest BCUT2D eigenvalue weighted by molar-refractivity contribution is 0.0697. The molecule has 0 unspecified atom stereocenters. The fourth-order valence-electron chi connectivity index (χ4n) is 1.35. The first-order valence-corrected chi connectivity index (χ1v) is 7.14. The van der Waals surface area contributed by atoms with E-state index in [1.54, 1.807) is 19.1 Å². The maximum Gasteiger partial charge on any atom is 0.335 e. The topological polar surface area (TPSA) is 95.5 Å². The fourth-order valence-corrected chi connectivity index (χ4v) is 2.31. The molecule has 0 atom stereocenters. The van der Waals surface area contributed by atoms with Crippen molar-refractivity contribution in [3.8, 4) is 0 Å². The quantitative estimate of drug-likeness (QED) is 0.680. The molecule has 1 aromatic rings. The standard InChI is InChI=1S/C11H16N2O4S/c1-2-13-18(16,17)8-7-12-10-5-3-9(4-6-10)11(14)15/h3-6,12-13H,2,7-8H2,1H3,(H,14,15). The van der Waals surface area contributed by atoms with Gasteiger partial charge in [0.2, 0.25) is 10.0 Å². The minimum atomic E-state index is -3.23. The van der Waals surface area contributed by atoms with Crippen LogP contribution in [0.3, 0.4) is 0 Å². The van der Waals surface area contributed by atoms with Crippen molar-refractivity contribution in [1.82, 2.24) is 4.72 Å². The predicted molar refractivity (Wildman–Crippen MR) is 69.4 cm³/mol. The molecular formula is C11H16N2O4S. The molecule has 0 aromatic heterocycles. The van der Waals surface area contributed by atoms with Crippen molar-refractivity contribution in [3.05, 3.63) is 29.8 Å². The molecule has 0 fully saturated rings. The van der Waals surface area contributed by atoms with Crippen molar-refractivity contribution in [2.24, 2.45) is 0 Å². The Bertz CT molecular complexity index is 496. The Morgan fingerprint density at radius 2 is 1.89 bits per heavy atom. The number of carboxylic acid groups (broad SMARTS) is 1. The second kappa shape index (κ2) is 6.36. The number of hydrogen-bond acceptors (Lipinski definition) is 4. The van der Waals surface area contributed by atoms with Gasteiger partial charge in [0.25, 0.3) is 0 Å². The Morgan fingerprint density at radius 1 is 1.28 bits per heavy atom. The number of anilines is 1. The molecule has 0 radical (unpaired) electrons. The number of carboxylic acids is 1. The van der Waals surface area contributed by atoms with Crippen LogP contribution in [0.15, 0.2) is 24.3 Å². The molecule has 18 heavy (non-hydrogen) atoms. The summed E-state index contributed by atoms with van der Waals surface area (Å²) >= 11 is 0. The molecule has 100 valence electrons. The van der Waals surface area contributed by atoms with Crippen LogP contribution in [0.25, 0.3) is 0 Å². The Balaban J connectivity index is 2.47. The molecule has 0 spiro atoms. The van der Waals surface area contributed by atoms with Crippen LogP contribution in [0.4, 0.5) is 5.69 Å². The smallest absolute Gasteiger partial charge is 0.335 e. The van der Waals surface area contributed by atoms with Crippen LogP contribution in [0, 0.1) is 0 Å². The summed E-state index contributed by atoms with van der Waals surface area (Å²) in [6.45, 7) is 2.35. The van der Waals surface area contributed by atoms with Crippen molar-refractivity contribution >= 4 is 21.7 Å². The molecule has 7 heteroatoms. The summed E-state index contributed by atoms with van der Waals surface area (Å²) in [5.41, 5.74) is 0.882. The molecule has 0 aliphatic rings. The van der Waals surface area contributed by atoms with E-state index >= 15 is 0 Å². The monoisotopic (exact) mass is 272 g/mol. The Kier molecular flexibility index (Phi) is 5.11. The summed E-state index contributed by atoms with van der Waals surface area (Å²) in [4.78, 5) is 10.6. The van der Waals surface area contributed by atoms with Crippen LogP contribution in [0.2, 0.25) is 0 Å². The molecule has 1 rings (SSSR count). The van der Waals surface area contributed by atoms with E-state index in [0.29, 0.717) is 12.2 Å². The van der Waals surface area contributed by atoms with Gasteiger partial charge in [-0.25, -0.2) is 17.9 Å². The molecular weight excluding hydrogens is 256 g/mol. The van der Waals surface area contributed by atoms with Crippen molar-refractivity contribution in [3.63, 3.8) is 0 Å². The first kappa shape index (κ1) is 14.5. The lowest BCUT2D eigenvalue weighted by Crippen LogP contribution is -2.29. The largest absolute Gasteiger partial charge is 0.478 e. The van der Waals surface area contributed by atoms with E-state index < -0.39 is 16.0 Å². The lowest BCUT2D eigenvalue weighted by Gasteiger charge is -2.07. The van der Waals surface area contributed by atoms with Gasteiger partial charge in [-0.05, 0) is 24.3 Å². The summed E-state index contributed by atoms with van der Waals surface area (Å²) in [7, 11) is -3.23. The van der Waals surface area contributed by atoms with Crippen LogP contribution < -0.4 is 10.0 Å². The summed E-state index contributed by atoms with van der Waals surface area (Å²) in [5, 5.41) is 11.6. The second-order valence-electron chi connectivity index (χ2n) is 3.63. The van der Waals surface area contributed by atoms with Gasteiger partial charge in [-0.1, -0.05) is 6.92 Å². The number of benzene rings is 1. The molecule has 1 aromatic carbocycles. The van der Waals surface area contributed by atoms with Gasteiger partial charge in [0.05, 0.1) is 11.3 Å². The summed E-state index contributed by atoms with van der Waals surface area (Å²) in [6.07, 6.45) is 0. The van der Waals surface area contributed by atoms with Crippen LogP contribution in [-0.2, 0) is 10.0 Å². The van der Waals surface area contributed by atoms with Crippen molar-refractivity contribution < 1.29 is 18.3 Å². The van der Waals surface area contributed by atoms with E-state index in [2.05, 4.69) is 10.0 Å². The third kappa shape index (κ3) is 4.72. The summed E-state index contributed by atoms with van der Waals surface area (Å²) in [6, 6.07) is 6.12.